The normalized spacial score (nSPS) is 23.2. The van der Waals surface area contributed by atoms with Crippen LogP contribution >= 0.6 is 0 Å². The molecule has 0 aliphatic heterocycles. The van der Waals surface area contributed by atoms with Gasteiger partial charge in [-0.15, -0.1) is 0 Å². The van der Waals surface area contributed by atoms with Crippen LogP contribution < -0.4 is 5.32 Å². The van der Waals surface area contributed by atoms with Crippen LogP contribution in [0, 0.1) is 23.6 Å². The molecule has 0 saturated heterocycles. The number of benzene rings is 1. The summed E-state index contributed by atoms with van der Waals surface area (Å²) in [4.78, 5) is 25.0. The summed E-state index contributed by atoms with van der Waals surface area (Å²) in [7, 11) is 1.69. The van der Waals surface area contributed by atoms with E-state index in [0.717, 1.165) is 0 Å². The highest BCUT2D eigenvalue weighted by atomic mass is 19.1. The van der Waals surface area contributed by atoms with Crippen LogP contribution in [0.25, 0.3) is 11.2 Å². The molecule has 154 valence electrons. The fraction of sp³-hybridized carbons (Fsp3) is 0.333. The number of anilines is 1. The number of rotatable bonds is 3. The van der Waals surface area contributed by atoms with Crippen molar-refractivity contribution in [1.82, 2.24) is 19.5 Å². The number of nitrogens with one attached hydrogen (secondary N) is 1. The summed E-state index contributed by atoms with van der Waals surface area (Å²) in [5.74, 6) is 5.25. The number of ketones is 1. The Morgan fingerprint density at radius 3 is 2.57 bits per heavy atom. The third kappa shape index (κ3) is 3.51. The second-order valence-electron chi connectivity index (χ2n) is 7.23. The first-order valence-electron chi connectivity index (χ1n) is 9.45. The third-order valence-electron chi connectivity index (χ3n) is 5.35. The molecule has 2 heterocycles. The smallest absolute Gasteiger partial charge is 0.209 e. The van der Waals surface area contributed by atoms with Gasteiger partial charge in [0, 0.05) is 18.5 Å². The van der Waals surface area contributed by atoms with Crippen molar-refractivity contribution in [1.29, 1.82) is 0 Å². The van der Waals surface area contributed by atoms with E-state index in [2.05, 4.69) is 32.1 Å². The molecule has 9 heteroatoms. The van der Waals surface area contributed by atoms with Gasteiger partial charge < -0.3 is 20.1 Å². The molecule has 0 bridgehead atoms. The van der Waals surface area contributed by atoms with Gasteiger partial charge in [-0.25, -0.2) is 19.3 Å². The zero-order chi connectivity index (χ0) is 21.4. The van der Waals surface area contributed by atoms with Gasteiger partial charge in [-0.3, -0.25) is 4.79 Å². The molecule has 8 nitrogen and oxygen atoms in total. The van der Waals surface area contributed by atoms with E-state index in [-0.39, 0.29) is 23.8 Å². The molecule has 1 aliphatic rings. The van der Waals surface area contributed by atoms with Gasteiger partial charge in [0.1, 0.15) is 17.7 Å². The first-order valence-corrected chi connectivity index (χ1v) is 9.45. The van der Waals surface area contributed by atoms with Crippen molar-refractivity contribution >= 4 is 22.8 Å². The molecule has 3 N–H and O–H groups in total. The van der Waals surface area contributed by atoms with Crippen LogP contribution in [-0.2, 0) is 4.79 Å². The molecule has 1 aromatic carbocycles. The van der Waals surface area contributed by atoms with Gasteiger partial charge in [-0.1, -0.05) is 5.92 Å². The Kier molecular flexibility index (Phi) is 5.20. The van der Waals surface area contributed by atoms with Gasteiger partial charge >= 0.3 is 0 Å². The Bertz CT molecular complexity index is 1170. The van der Waals surface area contributed by atoms with Gasteiger partial charge in [0.05, 0.1) is 18.5 Å². The average Bonchev–Trinajstić information content (AvgIpc) is 3.28. The number of halogens is 1. The molecule has 2 aromatic heterocycles. The van der Waals surface area contributed by atoms with Gasteiger partial charge in [-0.2, -0.15) is 0 Å². The maximum absolute atomic E-state index is 13.1. The lowest BCUT2D eigenvalue weighted by Crippen LogP contribution is -2.31. The number of hydrogen-bond donors (Lipinski definition) is 3. The number of nitrogens with zero attached hydrogens (tertiary/aromatic N) is 4. The van der Waals surface area contributed by atoms with Crippen molar-refractivity contribution in [3.8, 4) is 11.8 Å². The number of carbonyl (C=O) groups excluding carboxylic acids is 1. The van der Waals surface area contributed by atoms with E-state index in [4.69, 9.17) is 0 Å². The third-order valence-corrected chi connectivity index (χ3v) is 5.35. The number of carbonyl (C=O) groups is 1. The zero-order valence-corrected chi connectivity index (χ0v) is 16.4. The highest BCUT2D eigenvalue weighted by molar-refractivity contribution is 5.83. The van der Waals surface area contributed by atoms with E-state index in [1.807, 2.05) is 0 Å². The number of aromatic nitrogens is 4. The Labute approximate surface area is 171 Å². The molecule has 1 fully saturated rings. The molecule has 0 radical (unpaired) electrons. The van der Waals surface area contributed by atoms with Crippen LogP contribution in [-0.4, -0.2) is 54.8 Å². The maximum Gasteiger partial charge on any atom is 0.209 e. The van der Waals surface area contributed by atoms with Crippen molar-refractivity contribution in [3.63, 3.8) is 0 Å². The molecule has 1 aliphatic carbocycles. The van der Waals surface area contributed by atoms with Gasteiger partial charge in [0.15, 0.2) is 17.0 Å². The molecular formula is C21H20FN5O3. The summed E-state index contributed by atoms with van der Waals surface area (Å²) in [6, 6.07) is 5.20. The number of imidazole rings is 1. The Hall–Kier alpha value is -3.35. The Balaban J connectivity index is 1.76. The van der Waals surface area contributed by atoms with Crippen LogP contribution in [0.5, 0.6) is 0 Å². The minimum atomic E-state index is -1.15. The van der Waals surface area contributed by atoms with Gasteiger partial charge in [-0.05, 0) is 43.5 Å². The molecule has 1 saturated carbocycles. The van der Waals surface area contributed by atoms with Crippen LogP contribution in [0.3, 0.4) is 0 Å². The van der Waals surface area contributed by atoms with Gasteiger partial charge in [0.25, 0.3) is 0 Å². The molecular weight excluding hydrogens is 389 g/mol. The van der Waals surface area contributed by atoms with Gasteiger partial charge in [0.2, 0.25) is 5.82 Å². The SMILES string of the molecule is CNc1nc(C#Cc2ccc(F)cc2)nc2c1ncn2[C@@H]1C[C@H](C(C)=O)C(O)[C@H]1O. The van der Waals surface area contributed by atoms with Crippen molar-refractivity contribution in [2.75, 3.05) is 12.4 Å². The average molecular weight is 409 g/mol. The molecule has 0 amide bonds. The zero-order valence-electron chi connectivity index (χ0n) is 16.4. The van der Waals surface area contributed by atoms with Crippen LogP contribution in [0.4, 0.5) is 10.2 Å². The predicted octanol–water partition coefficient (Wildman–Crippen LogP) is 1.28. The van der Waals surface area contributed by atoms with Crippen LogP contribution in [0.15, 0.2) is 30.6 Å². The molecule has 4 rings (SSSR count). The second kappa shape index (κ2) is 7.82. The number of aliphatic hydroxyl groups is 2. The number of Topliss-reactive ketones (excluding diaryl/α,β-unsaturated/α-hetero) is 1. The first-order chi connectivity index (χ1) is 14.4. The fourth-order valence-electron chi connectivity index (χ4n) is 3.74. The monoisotopic (exact) mass is 409 g/mol. The van der Waals surface area contributed by atoms with E-state index in [1.165, 1.54) is 25.4 Å². The van der Waals surface area contributed by atoms with Crippen molar-refractivity contribution in [3.05, 3.63) is 47.8 Å². The fourth-order valence-corrected chi connectivity index (χ4v) is 3.74. The summed E-state index contributed by atoms with van der Waals surface area (Å²) in [6.07, 6.45) is -0.481. The van der Waals surface area contributed by atoms with Crippen LogP contribution in [0.1, 0.15) is 30.8 Å². The van der Waals surface area contributed by atoms with E-state index >= 15 is 0 Å². The lowest BCUT2D eigenvalue weighted by Gasteiger charge is -2.18. The molecule has 3 aromatic rings. The minimum absolute atomic E-state index is 0.176. The number of hydrogen-bond acceptors (Lipinski definition) is 7. The lowest BCUT2D eigenvalue weighted by atomic mass is 10.0. The first kappa shape index (κ1) is 19.9. The Morgan fingerprint density at radius 2 is 1.93 bits per heavy atom. The van der Waals surface area contributed by atoms with Crippen molar-refractivity contribution in [2.24, 2.45) is 5.92 Å². The maximum atomic E-state index is 13.1. The molecule has 4 atom stereocenters. The quantitative estimate of drug-likeness (QED) is 0.559. The number of aliphatic hydroxyl groups excluding tert-OH is 2. The minimum Gasteiger partial charge on any atom is -0.390 e. The highest BCUT2D eigenvalue weighted by Gasteiger charge is 2.45. The second-order valence-corrected chi connectivity index (χ2v) is 7.23. The van der Waals surface area contributed by atoms with Crippen molar-refractivity contribution < 1.29 is 19.4 Å². The highest BCUT2D eigenvalue weighted by Crippen LogP contribution is 2.37. The predicted molar refractivity (Wildman–Crippen MR) is 107 cm³/mol. The molecule has 0 spiro atoms. The summed E-state index contributed by atoms with van der Waals surface area (Å²) < 4.78 is 14.7. The molecule has 30 heavy (non-hydrogen) atoms. The van der Waals surface area contributed by atoms with Crippen LogP contribution in [0.2, 0.25) is 0 Å². The van der Waals surface area contributed by atoms with E-state index in [0.29, 0.717) is 22.5 Å². The summed E-state index contributed by atoms with van der Waals surface area (Å²) in [5.41, 5.74) is 1.52. The topological polar surface area (TPSA) is 113 Å². The van der Waals surface area contributed by atoms with E-state index in [9.17, 15) is 19.4 Å². The summed E-state index contributed by atoms with van der Waals surface area (Å²) in [6.45, 7) is 1.40. The summed E-state index contributed by atoms with van der Waals surface area (Å²) in [5, 5.41) is 23.7. The Morgan fingerprint density at radius 1 is 1.20 bits per heavy atom. The lowest BCUT2D eigenvalue weighted by molar-refractivity contribution is -0.124. The summed E-state index contributed by atoms with van der Waals surface area (Å²) >= 11 is 0. The molecule has 1 unspecified atom stereocenters. The van der Waals surface area contributed by atoms with E-state index < -0.39 is 24.2 Å². The van der Waals surface area contributed by atoms with E-state index in [1.54, 1.807) is 23.7 Å². The number of fused-ring (bicyclic) bond motifs is 1. The van der Waals surface area contributed by atoms with Crippen molar-refractivity contribution in [2.45, 2.75) is 31.6 Å². The largest absolute Gasteiger partial charge is 0.390 e. The standard InChI is InChI=1S/C21H20FN5O3/c1-11(28)14-9-15(19(30)18(14)29)27-10-24-17-20(23-2)25-16(26-21(17)27)8-5-12-3-6-13(22)7-4-12/h3-4,6-7,10,14-15,18-19,29-30H,9H2,1-2H3,(H,23,25,26)/t14-,15-,18?,19+/m1/s1.